The van der Waals surface area contributed by atoms with E-state index >= 15 is 0 Å². The second kappa shape index (κ2) is 8.45. The Morgan fingerprint density at radius 2 is 1.94 bits per heavy atom. The fraction of sp³-hybridized carbons (Fsp3) is 0.200. The first-order chi connectivity index (χ1) is 15.4. The molecule has 0 saturated heterocycles. The molecule has 12 heteroatoms. The second-order valence-corrected chi connectivity index (χ2v) is 8.43. The van der Waals surface area contributed by atoms with Crippen LogP contribution in [-0.2, 0) is 10.0 Å². The fourth-order valence-electron chi connectivity index (χ4n) is 3.13. The summed E-state index contributed by atoms with van der Waals surface area (Å²) in [6.07, 6.45) is 7.45. The molecule has 0 saturated carbocycles. The number of allylic oxidation sites excluding steroid dienone is 4. The molecule has 0 bridgehead atoms. The van der Waals surface area contributed by atoms with E-state index < -0.39 is 29.4 Å². The summed E-state index contributed by atoms with van der Waals surface area (Å²) in [6.45, 7) is -2.39. The van der Waals surface area contributed by atoms with Gasteiger partial charge in [-0.05, 0) is 18.2 Å². The molecule has 32 heavy (non-hydrogen) atoms. The fourth-order valence-corrected chi connectivity index (χ4v) is 4.22. The lowest BCUT2D eigenvalue weighted by Crippen LogP contribution is -2.38. The molecule has 1 N–H and O–H groups in total. The number of nitrogens with zero attached hydrogens (tertiary/aromatic N) is 5. The van der Waals surface area contributed by atoms with E-state index in [0.717, 1.165) is 18.1 Å². The minimum absolute atomic E-state index is 0.0752. The van der Waals surface area contributed by atoms with Crippen molar-refractivity contribution >= 4 is 26.8 Å². The molecular weight excluding hydrogens is 442 g/mol. The average Bonchev–Trinajstić information content (AvgIpc) is 3.09. The SMILES string of the molecule is COc1ccc2c(C#N)c(-c3ncc(S(=O)(=O)NC(CF)CF)cn3)n(C3=CC=C3)c2n1. The molecule has 0 atom stereocenters. The van der Waals surface area contributed by atoms with Crippen LogP contribution in [0.3, 0.4) is 0 Å². The highest BCUT2D eigenvalue weighted by molar-refractivity contribution is 7.89. The molecule has 3 heterocycles. The van der Waals surface area contributed by atoms with Crippen LogP contribution in [0.2, 0.25) is 0 Å². The van der Waals surface area contributed by atoms with Gasteiger partial charge in [-0.15, -0.1) is 0 Å². The van der Waals surface area contributed by atoms with E-state index in [4.69, 9.17) is 4.74 Å². The van der Waals surface area contributed by atoms with Gasteiger partial charge in [0.25, 0.3) is 0 Å². The zero-order valence-electron chi connectivity index (χ0n) is 16.7. The third kappa shape index (κ3) is 3.61. The summed E-state index contributed by atoms with van der Waals surface area (Å²) in [5.41, 5.74) is 1.74. The number of fused-ring (bicyclic) bond motifs is 1. The Labute approximate surface area is 181 Å². The number of nitriles is 1. The lowest BCUT2D eigenvalue weighted by atomic mass is 10.1. The monoisotopic (exact) mass is 458 g/mol. The van der Waals surface area contributed by atoms with Crippen molar-refractivity contribution in [3.63, 3.8) is 0 Å². The van der Waals surface area contributed by atoms with Gasteiger partial charge in [-0.3, -0.25) is 4.57 Å². The van der Waals surface area contributed by atoms with Gasteiger partial charge in [0.2, 0.25) is 15.9 Å². The van der Waals surface area contributed by atoms with Gasteiger partial charge >= 0.3 is 0 Å². The van der Waals surface area contributed by atoms with Crippen LogP contribution in [0.4, 0.5) is 8.78 Å². The van der Waals surface area contributed by atoms with Crippen molar-refractivity contribution in [3.05, 3.63) is 48.3 Å². The lowest BCUT2D eigenvalue weighted by Gasteiger charge is -2.15. The number of hydrogen-bond donors (Lipinski definition) is 1. The van der Waals surface area contributed by atoms with Crippen molar-refractivity contribution in [2.45, 2.75) is 10.9 Å². The Balaban J connectivity index is 1.84. The highest BCUT2D eigenvalue weighted by Gasteiger charge is 2.26. The van der Waals surface area contributed by atoms with Gasteiger partial charge in [0, 0.05) is 17.1 Å². The minimum atomic E-state index is -4.23. The number of alkyl halides is 2. The van der Waals surface area contributed by atoms with E-state index in [1.807, 2.05) is 23.0 Å². The Hall–Kier alpha value is -3.69. The molecule has 0 spiro atoms. The molecule has 0 amide bonds. The van der Waals surface area contributed by atoms with Crippen molar-refractivity contribution < 1.29 is 21.9 Å². The third-order valence-corrected chi connectivity index (χ3v) is 6.22. The molecular formula is C20H16F2N6O3S. The van der Waals surface area contributed by atoms with Crippen molar-refractivity contribution in [2.75, 3.05) is 20.5 Å². The summed E-state index contributed by atoms with van der Waals surface area (Å²) in [7, 11) is -2.76. The van der Waals surface area contributed by atoms with Gasteiger partial charge < -0.3 is 4.74 Å². The molecule has 1 aliphatic carbocycles. The molecule has 0 unspecified atom stereocenters. The van der Waals surface area contributed by atoms with Crippen LogP contribution in [0.25, 0.3) is 28.2 Å². The van der Waals surface area contributed by atoms with E-state index in [-0.39, 0.29) is 16.3 Å². The number of ether oxygens (including phenoxy) is 1. The Bertz CT molecular complexity index is 1390. The van der Waals surface area contributed by atoms with Crippen molar-refractivity contribution in [1.82, 2.24) is 24.2 Å². The van der Waals surface area contributed by atoms with Crippen LogP contribution in [0.15, 0.2) is 47.6 Å². The Morgan fingerprint density at radius 1 is 1.25 bits per heavy atom. The standard InChI is InChI=1S/C20H16F2N6O3S/c1-31-17-6-5-15-16(9-23)18(28(20(15)26-17)13-3-2-4-13)19-24-10-14(11-25-19)32(29,30)27-12(7-21)8-22/h2-6,10-12,27H,7-8H2,1H3. The summed E-state index contributed by atoms with van der Waals surface area (Å²) in [4.78, 5) is 12.3. The van der Waals surface area contributed by atoms with E-state index in [9.17, 15) is 22.5 Å². The number of nitrogens with one attached hydrogen (secondary N) is 1. The van der Waals surface area contributed by atoms with Gasteiger partial charge in [-0.25, -0.2) is 31.9 Å². The van der Waals surface area contributed by atoms with Gasteiger partial charge in [-0.1, -0.05) is 6.08 Å². The van der Waals surface area contributed by atoms with Crippen LogP contribution in [0.1, 0.15) is 5.56 Å². The number of sulfonamides is 1. The normalized spacial score (nSPS) is 13.2. The first kappa shape index (κ1) is 21.5. The minimum Gasteiger partial charge on any atom is -0.481 e. The average molecular weight is 458 g/mol. The summed E-state index contributed by atoms with van der Waals surface area (Å²) in [5.74, 6) is 0.422. The molecule has 3 aromatic rings. The summed E-state index contributed by atoms with van der Waals surface area (Å²) in [6, 6.07) is 3.96. The molecule has 0 aliphatic heterocycles. The zero-order valence-corrected chi connectivity index (χ0v) is 17.5. The number of aromatic nitrogens is 4. The topological polar surface area (TPSA) is 123 Å². The van der Waals surface area contributed by atoms with Crippen LogP contribution >= 0.6 is 0 Å². The third-order valence-electron chi connectivity index (χ3n) is 4.75. The van der Waals surface area contributed by atoms with E-state index in [1.165, 1.54) is 7.11 Å². The Kier molecular flexibility index (Phi) is 5.68. The van der Waals surface area contributed by atoms with Crippen LogP contribution in [-0.4, -0.2) is 54.4 Å². The highest BCUT2D eigenvalue weighted by atomic mass is 32.2. The molecule has 3 aromatic heterocycles. The van der Waals surface area contributed by atoms with Gasteiger partial charge in [0.1, 0.15) is 30.0 Å². The molecule has 164 valence electrons. The summed E-state index contributed by atoms with van der Waals surface area (Å²) in [5, 5.41) is 10.4. The predicted molar refractivity (Wildman–Crippen MR) is 111 cm³/mol. The number of halogens is 2. The maximum atomic E-state index is 12.7. The maximum absolute atomic E-state index is 12.7. The van der Waals surface area contributed by atoms with E-state index in [2.05, 4.69) is 21.0 Å². The molecule has 4 rings (SSSR count). The first-order valence-corrected chi connectivity index (χ1v) is 10.8. The summed E-state index contributed by atoms with van der Waals surface area (Å²) >= 11 is 0. The molecule has 0 fully saturated rings. The zero-order chi connectivity index (χ0) is 22.9. The second-order valence-electron chi connectivity index (χ2n) is 6.72. The number of hydrogen-bond acceptors (Lipinski definition) is 7. The van der Waals surface area contributed by atoms with Crippen molar-refractivity contribution in [3.8, 4) is 23.5 Å². The molecule has 0 aromatic carbocycles. The van der Waals surface area contributed by atoms with Gasteiger partial charge in [0.05, 0.1) is 31.1 Å². The van der Waals surface area contributed by atoms with Crippen LogP contribution < -0.4 is 9.46 Å². The smallest absolute Gasteiger partial charge is 0.244 e. The highest BCUT2D eigenvalue weighted by Crippen LogP contribution is 2.36. The van der Waals surface area contributed by atoms with Gasteiger partial charge in [0.15, 0.2) is 11.5 Å². The number of methoxy groups -OCH3 is 1. The van der Waals surface area contributed by atoms with Gasteiger partial charge in [-0.2, -0.15) is 10.2 Å². The van der Waals surface area contributed by atoms with Crippen molar-refractivity contribution in [1.29, 1.82) is 5.26 Å². The largest absolute Gasteiger partial charge is 0.481 e. The molecule has 1 aliphatic rings. The van der Waals surface area contributed by atoms with E-state index in [1.54, 1.807) is 16.7 Å². The quantitative estimate of drug-likeness (QED) is 0.550. The number of rotatable bonds is 8. The first-order valence-electron chi connectivity index (χ1n) is 9.28. The van der Waals surface area contributed by atoms with E-state index in [0.29, 0.717) is 22.6 Å². The van der Waals surface area contributed by atoms with Crippen LogP contribution in [0.5, 0.6) is 5.88 Å². The number of pyridine rings is 1. The maximum Gasteiger partial charge on any atom is 0.244 e. The van der Waals surface area contributed by atoms with Crippen LogP contribution in [0, 0.1) is 11.3 Å². The molecule has 0 radical (unpaired) electrons. The summed E-state index contributed by atoms with van der Waals surface area (Å²) < 4.78 is 59.0. The van der Waals surface area contributed by atoms with Crippen molar-refractivity contribution in [2.24, 2.45) is 0 Å². The lowest BCUT2D eigenvalue weighted by molar-refractivity contribution is 0.334. The Morgan fingerprint density at radius 3 is 2.47 bits per heavy atom. The predicted octanol–water partition coefficient (Wildman–Crippen LogP) is 2.37. The molecule has 9 nitrogen and oxygen atoms in total.